The topological polar surface area (TPSA) is 29.1 Å². The van der Waals surface area contributed by atoms with Gasteiger partial charge in [-0.05, 0) is 78.6 Å². The molecule has 1 aliphatic rings. The Labute approximate surface area is 184 Å². The van der Waals surface area contributed by atoms with Crippen molar-refractivity contribution in [3.8, 4) is 0 Å². The number of aryl methyl sites for hydroxylation is 2. The second-order valence-corrected chi connectivity index (χ2v) is 9.02. The number of rotatable bonds is 7. The Bertz CT molecular complexity index is 982. The number of thioether (sulfide) groups is 1. The number of fused-ring (bicyclic) bond motifs is 1. The highest BCUT2D eigenvalue weighted by Gasteiger charge is 2.17. The molecule has 1 N–H and O–H groups in total. The fraction of sp³-hybridized carbons (Fsp3) is 0.296. The first-order valence-electron chi connectivity index (χ1n) is 10.9. The van der Waals surface area contributed by atoms with Crippen LogP contribution in [0.25, 0.3) is 0 Å². The van der Waals surface area contributed by atoms with Crippen LogP contribution in [0, 0.1) is 0 Å². The van der Waals surface area contributed by atoms with E-state index >= 15 is 0 Å². The van der Waals surface area contributed by atoms with Crippen molar-refractivity contribution in [1.29, 1.82) is 0 Å². The number of benzene rings is 3. The Morgan fingerprint density at radius 3 is 2.40 bits per heavy atom. The van der Waals surface area contributed by atoms with Gasteiger partial charge in [-0.15, -0.1) is 11.8 Å². The third-order valence-corrected chi connectivity index (χ3v) is 6.94. The van der Waals surface area contributed by atoms with Crippen LogP contribution < -0.4 is 5.32 Å². The van der Waals surface area contributed by atoms with E-state index in [2.05, 4.69) is 66.8 Å². The predicted octanol–water partition coefficient (Wildman–Crippen LogP) is 6.74. The zero-order valence-electron chi connectivity index (χ0n) is 17.6. The van der Waals surface area contributed by atoms with Crippen molar-refractivity contribution in [1.82, 2.24) is 5.32 Å². The van der Waals surface area contributed by atoms with E-state index in [0.29, 0.717) is 0 Å². The van der Waals surface area contributed by atoms with E-state index in [1.165, 1.54) is 46.4 Å². The van der Waals surface area contributed by atoms with Crippen LogP contribution in [-0.2, 0) is 18.6 Å². The fourth-order valence-corrected chi connectivity index (χ4v) is 4.94. The van der Waals surface area contributed by atoms with Crippen molar-refractivity contribution >= 4 is 17.7 Å². The molecular weight excluding hydrogens is 386 g/mol. The van der Waals surface area contributed by atoms with Gasteiger partial charge in [0.15, 0.2) is 0 Å². The number of hydrogen-bond acceptors (Lipinski definition) is 2. The molecule has 3 aromatic rings. The molecule has 0 saturated heterocycles. The monoisotopic (exact) mass is 415 g/mol. The molecule has 2 nitrogen and oxygen atoms in total. The highest BCUT2D eigenvalue weighted by molar-refractivity contribution is 7.98. The highest BCUT2D eigenvalue weighted by atomic mass is 32.2. The molecule has 1 aliphatic carbocycles. The smallest absolute Gasteiger partial charge is 0.251 e. The van der Waals surface area contributed by atoms with Gasteiger partial charge in [0.25, 0.3) is 5.91 Å². The maximum absolute atomic E-state index is 12.9. The standard InChI is InChI=1S/C27H29NOS/c1-2-26(24-17-16-21-8-6-7-9-23(21)18-24)28-27(29)22-14-12-20(13-15-22)19-30-25-10-4-3-5-11-25/h3-5,10-18,26H,2,6-9,19H2,1H3,(H,28,29)/t26-/m1/s1. The van der Waals surface area contributed by atoms with Gasteiger partial charge in [-0.3, -0.25) is 4.79 Å². The van der Waals surface area contributed by atoms with Crippen LogP contribution in [0.3, 0.4) is 0 Å². The van der Waals surface area contributed by atoms with Crippen molar-refractivity contribution in [2.45, 2.75) is 55.7 Å². The summed E-state index contributed by atoms with van der Waals surface area (Å²) in [6.07, 6.45) is 5.80. The van der Waals surface area contributed by atoms with Crippen LogP contribution in [0.15, 0.2) is 77.7 Å². The molecule has 0 bridgehead atoms. The average Bonchev–Trinajstić information content (AvgIpc) is 2.81. The van der Waals surface area contributed by atoms with Crippen LogP contribution in [0.1, 0.15) is 64.8 Å². The zero-order valence-corrected chi connectivity index (χ0v) is 18.4. The van der Waals surface area contributed by atoms with Gasteiger partial charge in [-0.2, -0.15) is 0 Å². The molecule has 1 atom stereocenters. The first-order chi connectivity index (χ1) is 14.7. The summed E-state index contributed by atoms with van der Waals surface area (Å²) in [6, 6.07) is 25.2. The van der Waals surface area contributed by atoms with Crippen LogP contribution in [0.4, 0.5) is 0 Å². The van der Waals surface area contributed by atoms with E-state index in [1.54, 1.807) is 0 Å². The summed E-state index contributed by atoms with van der Waals surface area (Å²) in [6.45, 7) is 2.13. The molecule has 154 valence electrons. The molecule has 4 rings (SSSR count). The summed E-state index contributed by atoms with van der Waals surface area (Å²) in [7, 11) is 0. The molecule has 0 fully saturated rings. The molecule has 0 spiro atoms. The fourth-order valence-electron chi connectivity index (χ4n) is 4.07. The van der Waals surface area contributed by atoms with Gasteiger partial charge in [-0.1, -0.05) is 55.5 Å². The Morgan fingerprint density at radius 2 is 1.67 bits per heavy atom. The number of amides is 1. The minimum Gasteiger partial charge on any atom is -0.345 e. The minimum atomic E-state index is 0.00170. The first-order valence-corrected chi connectivity index (χ1v) is 11.9. The quantitative estimate of drug-likeness (QED) is 0.433. The molecule has 0 saturated carbocycles. The molecular formula is C27H29NOS. The normalized spacial score (nSPS) is 14.0. The molecule has 3 heteroatoms. The highest BCUT2D eigenvalue weighted by Crippen LogP contribution is 2.26. The van der Waals surface area contributed by atoms with Crippen molar-refractivity contribution in [3.05, 3.63) is 101 Å². The van der Waals surface area contributed by atoms with Crippen LogP contribution in [0.5, 0.6) is 0 Å². The maximum Gasteiger partial charge on any atom is 0.251 e. The summed E-state index contributed by atoms with van der Waals surface area (Å²) in [4.78, 5) is 14.1. The molecule has 3 aromatic carbocycles. The second-order valence-electron chi connectivity index (χ2n) is 7.97. The minimum absolute atomic E-state index is 0.00170. The second kappa shape index (κ2) is 9.99. The summed E-state index contributed by atoms with van der Waals surface area (Å²) in [5.41, 5.74) is 6.12. The van der Waals surface area contributed by atoms with Crippen LogP contribution in [0.2, 0.25) is 0 Å². The maximum atomic E-state index is 12.9. The number of hydrogen-bond donors (Lipinski definition) is 1. The lowest BCUT2D eigenvalue weighted by molar-refractivity contribution is 0.0935. The van der Waals surface area contributed by atoms with Crippen LogP contribution >= 0.6 is 11.8 Å². The summed E-state index contributed by atoms with van der Waals surface area (Å²) in [5, 5.41) is 3.24. The Kier molecular flexibility index (Phi) is 6.91. The molecule has 0 unspecified atom stereocenters. The predicted molar refractivity (Wildman–Crippen MR) is 126 cm³/mol. The van der Waals surface area contributed by atoms with E-state index in [9.17, 15) is 4.79 Å². The van der Waals surface area contributed by atoms with Gasteiger partial charge in [-0.25, -0.2) is 0 Å². The number of carbonyl (C=O) groups excluding carboxylic acids is 1. The van der Waals surface area contributed by atoms with Crippen molar-refractivity contribution in [2.75, 3.05) is 0 Å². The average molecular weight is 416 g/mol. The molecule has 0 heterocycles. The largest absolute Gasteiger partial charge is 0.345 e. The third kappa shape index (κ3) is 5.14. The van der Waals surface area contributed by atoms with Gasteiger partial charge in [0.2, 0.25) is 0 Å². The Morgan fingerprint density at radius 1 is 0.933 bits per heavy atom. The summed E-state index contributed by atoms with van der Waals surface area (Å²) in [5.74, 6) is 0.903. The van der Waals surface area contributed by atoms with Crippen molar-refractivity contribution in [3.63, 3.8) is 0 Å². The Balaban J connectivity index is 1.38. The first kappa shape index (κ1) is 20.7. The van der Waals surface area contributed by atoms with Gasteiger partial charge >= 0.3 is 0 Å². The van der Waals surface area contributed by atoms with Gasteiger partial charge in [0.1, 0.15) is 0 Å². The summed E-state index contributed by atoms with van der Waals surface area (Å²) < 4.78 is 0. The van der Waals surface area contributed by atoms with E-state index in [0.717, 1.165) is 24.2 Å². The molecule has 0 radical (unpaired) electrons. The van der Waals surface area contributed by atoms with Crippen LogP contribution in [-0.4, -0.2) is 5.91 Å². The van der Waals surface area contributed by atoms with Gasteiger partial charge in [0.05, 0.1) is 6.04 Å². The van der Waals surface area contributed by atoms with E-state index in [1.807, 2.05) is 30.0 Å². The van der Waals surface area contributed by atoms with Crippen molar-refractivity contribution in [2.24, 2.45) is 0 Å². The number of nitrogens with one attached hydrogen (secondary N) is 1. The Hall–Kier alpha value is -2.52. The lowest BCUT2D eigenvalue weighted by atomic mass is 9.88. The molecule has 0 aliphatic heterocycles. The van der Waals surface area contributed by atoms with E-state index < -0.39 is 0 Å². The lowest BCUT2D eigenvalue weighted by Crippen LogP contribution is -2.28. The number of carbonyl (C=O) groups is 1. The van der Waals surface area contributed by atoms with Crippen molar-refractivity contribution < 1.29 is 4.79 Å². The SMILES string of the molecule is CC[C@@H](NC(=O)c1ccc(CSc2ccccc2)cc1)c1ccc2c(c1)CCCC2. The summed E-state index contributed by atoms with van der Waals surface area (Å²) >= 11 is 1.81. The molecule has 30 heavy (non-hydrogen) atoms. The van der Waals surface area contributed by atoms with Gasteiger partial charge < -0.3 is 5.32 Å². The lowest BCUT2D eigenvalue weighted by Gasteiger charge is -2.22. The zero-order chi connectivity index (χ0) is 20.8. The third-order valence-electron chi connectivity index (χ3n) is 5.85. The van der Waals surface area contributed by atoms with Gasteiger partial charge in [0, 0.05) is 16.2 Å². The van der Waals surface area contributed by atoms with E-state index in [4.69, 9.17) is 0 Å². The van der Waals surface area contributed by atoms with E-state index in [-0.39, 0.29) is 11.9 Å². The molecule has 1 amide bonds. The molecule has 0 aromatic heterocycles.